The highest BCUT2D eigenvalue weighted by atomic mass is 35.5. The second kappa shape index (κ2) is 5.37. The molecule has 0 bridgehead atoms. The number of nitrogens with zero attached hydrogens (tertiary/aromatic N) is 1. The SMILES string of the molecule is O=C(O)c1cc(-c2cc(F)cc(Cl)c2OCC2CC2)on1. The van der Waals surface area contributed by atoms with Gasteiger partial charge in [-0.15, -0.1) is 0 Å². The first-order valence-electron chi connectivity index (χ1n) is 6.37. The lowest BCUT2D eigenvalue weighted by Crippen LogP contribution is -2.01. The Hall–Kier alpha value is -2.08. The van der Waals surface area contributed by atoms with Crippen LogP contribution in [-0.2, 0) is 0 Å². The number of benzene rings is 1. The molecule has 0 spiro atoms. The van der Waals surface area contributed by atoms with Gasteiger partial charge in [0.05, 0.1) is 17.2 Å². The van der Waals surface area contributed by atoms with E-state index in [0.29, 0.717) is 12.5 Å². The van der Waals surface area contributed by atoms with Crippen LogP contribution in [0.25, 0.3) is 11.3 Å². The topological polar surface area (TPSA) is 72.6 Å². The summed E-state index contributed by atoms with van der Waals surface area (Å²) in [7, 11) is 0. The molecular weight excluding hydrogens is 301 g/mol. The van der Waals surface area contributed by atoms with Crippen molar-refractivity contribution in [3.8, 4) is 17.1 Å². The van der Waals surface area contributed by atoms with E-state index in [1.54, 1.807) is 0 Å². The van der Waals surface area contributed by atoms with Gasteiger partial charge >= 0.3 is 5.97 Å². The first kappa shape index (κ1) is 13.9. The molecular formula is C14H11ClFNO4. The molecule has 3 rings (SSSR count). The molecule has 1 aromatic carbocycles. The smallest absolute Gasteiger partial charge is 0.358 e. The van der Waals surface area contributed by atoms with E-state index in [-0.39, 0.29) is 27.8 Å². The van der Waals surface area contributed by atoms with E-state index in [1.165, 1.54) is 12.1 Å². The van der Waals surface area contributed by atoms with Crippen molar-refractivity contribution in [3.05, 3.63) is 34.7 Å². The third-order valence-corrected chi connectivity index (χ3v) is 3.44. The Bertz CT molecular complexity index is 696. The van der Waals surface area contributed by atoms with Gasteiger partial charge in [0.15, 0.2) is 11.5 Å². The fourth-order valence-corrected chi connectivity index (χ4v) is 2.14. The molecule has 1 fully saturated rings. The maximum absolute atomic E-state index is 13.6. The van der Waals surface area contributed by atoms with Gasteiger partial charge in [-0.1, -0.05) is 16.8 Å². The van der Waals surface area contributed by atoms with Crippen molar-refractivity contribution in [2.24, 2.45) is 5.92 Å². The fourth-order valence-electron chi connectivity index (χ4n) is 1.88. The van der Waals surface area contributed by atoms with Crippen LogP contribution in [0, 0.1) is 11.7 Å². The predicted octanol–water partition coefficient (Wildman–Crippen LogP) is 3.62. The zero-order valence-electron chi connectivity index (χ0n) is 10.8. The Morgan fingerprint density at radius 2 is 2.24 bits per heavy atom. The molecule has 0 aliphatic heterocycles. The van der Waals surface area contributed by atoms with Gasteiger partial charge in [0.2, 0.25) is 0 Å². The summed E-state index contributed by atoms with van der Waals surface area (Å²) < 4.78 is 24.1. The lowest BCUT2D eigenvalue weighted by atomic mass is 10.1. The molecule has 1 aliphatic rings. The Morgan fingerprint density at radius 3 is 2.86 bits per heavy atom. The van der Waals surface area contributed by atoms with Gasteiger partial charge in [0.1, 0.15) is 11.6 Å². The molecule has 5 nitrogen and oxygen atoms in total. The van der Waals surface area contributed by atoms with Gasteiger partial charge in [-0.25, -0.2) is 9.18 Å². The van der Waals surface area contributed by atoms with Gasteiger partial charge < -0.3 is 14.4 Å². The van der Waals surface area contributed by atoms with Gasteiger partial charge in [-0.3, -0.25) is 0 Å². The van der Waals surface area contributed by atoms with Crippen LogP contribution >= 0.6 is 11.6 Å². The molecule has 2 aromatic rings. The van der Waals surface area contributed by atoms with Crippen molar-refractivity contribution >= 4 is 17.6 Å². The summed E-state index contributed by atoms with van der Waals surface area (Å²) in [5.41, 5.74) is -0.0147. The van der Waals surface area contributed by atoms with Crippen molar-refractivity contribution in [2.45, 2.75) is 12.8 Å². The normalized spacial score (nSPS) is 14.2. The van der Waals surface area contributed by atoms with Crippen LogP contribution in [0.5, 0.6) is 5.75 Å². The van der Waals surface area contributed by atoms with E-state index in [4.69, 9.17) is 26.0 Å². The molecule has 1 aromatic heterocycles. The van der Waals surface area contributed by atoms with E-state index < -0.39 is 11.8 Å². The van der Waals surface area contributed by atoms with Gasteiger partial charge in [0, 0.05) is 6.07 Å². The van der Waals surface area contributed by atoms with Crippen LogP contribution in [0.3, 0.4) is 0 Å². The summed E-state index contributed by atoms with van der Waals surface area (Å²) >= 11 is 6.01. The van der Waals surface area contributed by atoms with E-state index >= 15 is 0 Å². The van der Waals surface area contributed by atoms with Crippen LogP contribution in [-0.4, -0.2) is 22.8 Å². The average molecular weight is 312 g/mol. The number of aromatic nitrogens is 1. The Labute approximate surface area is 124 Å². The number of hydrogen-bond donors (Lipinski definition) is 1. The largest absolute Gasteiger partial charge is 0.491 e. The highest BCUT2D eigenvalue weighted by Crippen LogP contribution is 2.39. The first-order chi connectivity index (χ1) is 10.0. The zero-order valence-corrected chi connectivity index (χ0v) is 11.6. The molecule has 0 saturated heterocycles. The first-order valence-corrected chi connectivity index (χ1v) is 6.74. The van der Waals surface area contributed by atoms with Gasteiger partial charge in [0.25, 0.3) is 0 Å². The molecule has 0 atom stereocenters. The van der Waals surface area contributed by atoms with Crippen molar-refractivity contribution in [1.82, 2.24) is 5.16 Å². The molecule has 1 heterocycles. The highest BCUT2D eigenvalue weighted by molar-refractivity contribution is 6.32. The van der Waals surface area contributed by atoms with E-state index in [2.05, 4.69) is 5.16 Å². The van der Waals surface area contributed by atoms with Gasteiger partial charge in [-0.05, 0) is 30.9 Å². The van der Waals surface area contributed by atoms with E-state index in [1.807, 2.05) is 0 Å². The maximum atomic E-state index is 13.6. The van der Waals surface area contributed by atoms with Crippen LogP contribution in [0.1, 0.15) is 23.3 Å². The summed E-state index contributed by atoms with van der Waals surface area (Å²) in [4.78, 5) is 10.8. The quantitative estimate of drug-likeness (QED) is 0.913. The number of carboxylic acid groups (broad SMARTS) is 1. The molecule has 7 heteroatoms. The van der Waals surface area contributed by atoms with Gasteiger partial charge in [-0.2, -0.15) is 0 Å². The minimum atomic E-state index is -1.23. The van der Waals surface area contributed by atoms with Crippen LogP contribution in [0.4, 0.5) is 4.39 Å². The molecule has 0 unspecified atom stereocenters. The number of aromatic carboxylic acids is 1. The fraction of sp³-hybridized carbons (Fsp3) is 0.286. The Balaban J connectivity index is 1.99. The molecule has 1 N–H and O–H groups in total. The number of hydrogen-bond acceptors (Lipinski definition) is 4. The molecule has 1 aliphatic carbocycles. The summed E-state index contributed by atoms with van der Waals surface area (Å²) in [6, 6.07) is 3.53. The predicted molar refractivity (Wildman–Crippen MR) is 72.1 cm³/mol. The molecule has 1 saturated carbocycles. The Kier molecular flexibility index (Phi) is 3.55. The zero-order chi connectivity index (χ0) is 15.0. The minimum absolute atomic E-state index is 0.0968. The summed E-state index contributed by atoms with van der Waals surface area (Å²) in [6.07, 6.45) is 2.19. The highest BCUT2D eigenvalue weighted by Gasteiger charge is 2.25. The lowest BCUT2D eigenvalue weighted by molar-refractivity contribution is 0.0686. The second-order valence-electron chi connectivity index (χ2n) is 4.90. The number of carboxylic acids is 1. The summed E-state index contributed by atoms with van der Waals surface area (Å²) in [5, 5.41) is 12.4. The summed E-state index contributed by atoms with van der Waals surface area (Å²) in [6.45, 7) is 0.484. The van der Waals surface area contributed by atoms with Crippen LogP contribution < -0.4 is 4.74 Å². The van der Waals surface area contributed by atoms with E-state index in [9.17, 15) is 9.18 Å². The second-order valence-corrected chi connectivity index (χ2v) is 5.31. The lowest BCUT2D eigenvalue weighted by Gasteiger charge is -2.11. The summed E-state index contributed by atoms with van der Waals surface area (Å²) in [5.74, 6) is -0.934. The third kappa shape index (κ3) is 3.00. The number of rotatable bonds is 5. The molecule has 0 amide bonds. The number of ether oxygens (including phenoxy) is 1. The molecule has 110 valence electrons. The Morgan fingerprint density at radius 1 is 1.48 bits per heavy atom. The monoisotopic (exact) mass is 311 g/mol. The number of halogens is 2. The average Bonchev–Trinajstić information content (AvgIpc) is 3.11. The van der Waals surface area contributed by atoms with Crippen molar-refractivity contribution in [2.75, 3.05) is 6.61 Å². The molecule has 0 radical (unpaired) electrons. The van der Waals surface area contributed by atoms with Crippen LogP contribution in [0.2, 0.25) is 5.02 Å². The van der Waals surface area contributed by atoms with Crippen molar-refractivity contribution in [3.63, 3.8) is 0 Å². The van der Waals surface area contributed by atoms with Crippen molar-refractivity contribution in [1.29, 1.82) is 0 Å². The molecule has 21 heavy (non-hydrogen) atoms. The minimum Gasteiger partial charge on any atom is -0.491 e. The van der Waals surface area contributed by atoms with E-state index in [0.717, 1.165) is 18.9 Å². The maximum Gasteiger partial charge on any atom is 0.358 e. The van der Waals surface area contributed by atoms with Crippen molar-refractivity contribution < 1.29 is 23.6 Å². The third-order valence-electron chi connectivity index (χ3n) is 3.16. The number of carbonyl (C=O) groups is 1. The van der Waals surface area contributed by atoms with Crippen LogP contribution in [0.15, 0.2) is 22.7 Å². The standard InChI is InChI=1S/C14H11ClFNO4/c15-10-4-8(16)3-9(13(10)20-6-7-1-2-7)12-5-11(14(18)19)17-21-12/h3-5,7H,1-2,6H2,(H,18,19).